The standard InChI is InChI=1S/C16H21N5O/c1-12(2)3-8-18-16-20-10-14(11-21-16)15(22)19-9-13-4-6-17-7-5-13/h4-7,10-12H,3,8-9H2,1-2H3,(H,19,22)(H,18,20,21). The zero-order chi connectivity index (χ0) is 15.8. The van der Waals surface area contributed by atoms with Gasteiger partial charge in [-0.1, -0.05) is 13.8 Å². The summed E-state index contributed by atoms with van der Waals surface area (Å²) in [6.07, 6.45) is 7.52. The number of carbonyl (C=O) groups is 1. The Bertz CT molecular complexity index is 583. The molecule has 0 aliphatic rings. The topological polar surface area (TPSA) is 79.8 Å². The zero-order valence-electron chi connectivity index (χ0n) is 12.9. The van der Waals surface area contributed by atoms with Crippen molar-refractivity contribution in [1.82, 2.24) is 20.3 Å². The Labute approximate surface area is 130 Å². The maximum atomic E-state index is 12.0. The van der Waals surface area contributed by atoms with Crippen LogP contribution in [0.1, 0.15) is 36.2 Å². The summed E-state index contributed by atoms with van der Waals surface area (Å²) in [6.45, 7) is 5.61. The third-order valence-corrected chi connectivity index (χ3v) is 3.12. The largest absolute Gasteiger partial charge is 0.354 e. The third kappa shape index (κ3) is 5.12. The SMILES string of the molecule is CC(C)CCNc1ncc(C(=O)NCc2ccncc2)cn1. The lowest BCUT2D eigenvalue weighted by atomic mass is 10.1. The van der Waals surface area contributed by atoms with Gasteiger partial charge in [0.1, 0.15) is 0 Å². The number of nitrogens with zero attached hydrogens (tertiary/aromatic N) is 3. The summed E-state index contributed by atoms with van der Waals surface area (Å²) in [4.78, 5) is 24.3. The molecule has 2 N–H and O–H groups in total. The first-order valence-electron chi connectivity index (χ1n) is 7.38. The second kappa shape index (κ2) is 8.07. The molecule has 0 spiro atoms. The van der Waals surface area contributed by atoms with Crippen molar-refractivity contribution in [1.29, 1.82) is 0 Å². The highest BCUT2D eigenvalue weighted by molar-refractivity contribution is 5.93. The molecular formula is C16H21N5O. The molecule has 0 aromatic carbocycles. The minimum absolute atomic E-state index is 0.189. The fourth-order valence-electron chi connectivity index (χ4n) is 1.79. The lowest BCUT2D eigenvalue weighted by molar-refractivity contribution is 0.0950. The highest BCUT2D eigenvalue weighted by atomic mass is 16.1. The maximum Gasteiger partial charge on any atom is 0.254 e. The summed E-state index contributed by atoms with van der Waals surface area (Å²) in [5.41, 5.74) is 1.44. The van der Waals surface area contributed by atoms with Crippen molar-refractivity contribution in [3.8, 4) is 0 Å². The predicted molar refractivity (Wildman–Crippen MR) is 85.4 cm³/mol. The molecule has 6 nitrogen and oxygen atoms in total. The van der Waals surface area contributed by atoms with E-state index < -0.39 is 0 Å². The van der Waals surface area contributed by atoms with Crippen molar-refractivity contribution in [3.63, 3.8) is 0 Å². The summed E-state index contributed by atoms with van der Waals surface area (Å²) in [5.74, 6) is 0.989. The summed E-state index contributed by atoms with van der Waals surface area (Å²) in [5, 5.41) is 5.96. The number of aromatic nitrogens is 3. The van der Waals surface area contributed by atoms with Crippen molar-refractivity contribution in [3.05, 3.63) is 48.0 Å². The van der Waals surface area contributed by atoms with Crippen LogP contribution in [0.5, 0.6) is 0 Å². The Hall–Kier alpha value is -2.50. The molecule has 2 heterocycles. The van der Waals surface area contributed by atoms with E-state index in [9.17, 15) is 4.79 Å². The van der Waals surface area contributed by atoms with E-state index in [2.05, 4.69) is 39.4 Å². The van der Waals surface area contributed by atoms with E-state index in [4.69, 9.17) is 0 Å². The monoisotopic (exact) mass is 299 g/mol. The molecule has 6 heteroatoms. The van der Waals surface area contributed by atoms with E-state index in [0.29, 0.717) is 24.0 Å². The number of carbonyl (C=O) groups excluding carboxylic acids is 1. The smallest absolute Gasteiger partial charge is 0.254 e. The van der Waals surface area contributed by atoms with E-state index in [1.807, 2.05) is 12.1 Å². The molecule has 0 atom stereocenters. The van der Waals surface area contributed by atoms with Crippen molar-refractivity contribution in [2.75, 3.05) is 11.9 Å². The van der Waals surface area contributed by atoms with Gasteiger partial charge in [-0.15, -0.1) is 0 Å². The van der Waals surface area contributed by atoms with Crippen LogP contribution in [0.25, 0.3) is 0 Å². The van der Waals surface area contributed by atoms with Crippen LogP contribution < -0.4 is 10.6 Å². The van der Waals surface area contributed by atoms with E-state index in [1.165, 1.54) is 12.4 Å². The van der Waals surface area contributed by atoms with Gasteiger partial charge in [0, 0.05) is 37.9 Å². The number of hydrogen-bond donors (Lipinski definition) is 2. The van der Waals surface area contributed by atoms with Crippen LogP contribution >= 0.6 is 0 Å². The summed E-state index contributed by atoms with van der Waals surface area (Å²) in [6, 6.07) is 3.72. The van der Waals surface area contributed by atoms with Crippen LogP contribution in [0, 0.1) is 5.92 Å². The maximum absolute atomic E-state index is 12.0. The Morgan fingerprint density at radius 2 is 1.86 bits per heavy atom. The molecule has 116 valence electrons. The number of pyridine rings is 1. The molecule has 2 rings (SSSR count). The van der Waals surface area contributed by atoms with Crippen LogP contribution in [0.3, 0.4) is 0 Å². The fourth-order valence-corrected chi connectivity index (χ4v) is 1.79. The number of nitrogens with one attached hydrogen (secondary N) is 2. The quantitative estimate of drug-likeness (QED) is 0.819. The van der Waals surface area contributed by atoms with Gasteiger partial charge in [-0.05, 0) is 30.0 Å². The van der Waals surface area contributed by atoms with Crippen LogP contribution in [0.15, 0.2) is 36.9 Å². The average molecular weight is 299 g/mol. The lowest BCUT2D eigenvalue weighted by Gasteiger charge is -2.08. The van der Waals surface area contributed by atoms with Crippen LogP contribution in [-0.4, -0.2) is 27.4 Å². The van der Waals surface area contributed by atoms with Crippen molar-refractivity contribution in [2.45, 2.75) is 26.8 Å². The molecule has 1 amide bonds. The highest BCUT2D eigenvalue weighted by Crippen LogP contribution is 2.04. The van der Waals surface area contributed by atoms with E-state index in [1.54, 1.807) is 12.4 Å². The van der Waals surface area contributed by atoms with Gasteiger partial charge in [-0.25, -0.2) is 9.97 Å². The minimum atomic E-state index is -0.189. The van der Waals surface area contributed by atoms with Crippen molar-refractivity contribution in [2.24, 2.45) is 5.92 Å². The van der Waals surface area contributed by atoms with Gasteiger partial charge in [0.25, 0.3) is 5.91 Å². The van der Waals surface area contributed by atoms with Crippen molar-refractivity contribution < 1.29 is 4.79 Å². The molecule has 22 heavy (non-hydrogen) atoms. The zero-order valence-corrected chi connectivity index (χ0v) is 12.9. The molecule has 0 saturated heterocycles. The molecule has 0 bridgehead atoms. The third-order valence-electron chi connectivity index (χ3n) is 3.12. The number of amides is 1. The van der Waals surface area contributed by atoms with Gasteiger partial charge in [0.05, 0.1) is 5.56 Å². The van der Waals surface area contributed by atoms with Gasteiger partial charge in [0.2, 0.25) is 5.95 Å². The van der Waals surface area contributed by atoms with Crippen LogP contribution in [0.4, 0.5) is 5.95 Å². The van der Waals surface area contributed by atoms with Crippen molar-refractivity contribution >= 4 is 11.9 Å². The first-order valence-corrected chi connectivity index (χ1v) is 7.38. The van der Waals surface area contributed by atoms with E-state index in [-0.39, 0.29) is 5.91 Å². The molecule has 0 aliphatic carbocycles. The second-order valence-electron chi connectivity index (χ2n) is 5.44. The van der Waals surface area contributed by atoms with Gasteiger partial charge >= 0.3 is 0 Å². The molecule has 0 fully saturated rings. The average Bonchev–Trinajstić information content (AvgIpc) is 2.54. The Balaban J connectivity index is 1.83. The normalized spacial score (nSPS) is 10.5. The lowest BCUT2D eigenvalue weighted by Crippen LogP contribution is -2.23. The minimum Gasteiger partial charge on any atom is -0.354 e. The van der Waals surface area contributed by atoms with Gasteiger partial charge < -0.3 is 10.6 Å². The molecule has 2 aromatic heterocycles. The fraction of sp³-hybridized carbons (Fsp3) is 0.375. The number of anilines is 1. The van der Waals surface area contributed by atoms with Crippen LogP contribution in [-0.2, 0) is 6.54 Å². The predicted octanol–water partition coefficient (Wildman–Crippen LogP) is 2.26. The van der Waals surface area contributed by atoms with E-state index >= 15 is 0 Å². The highest BCUT2D eigenvalue weighted by Gasteiger charge is 2.07. The summed E-state index contributed by atoms with van der Waals surface area (Å²) >= 11 is 0. The Kier molecular flexibility index (Phi) is 5.82. The number of hydrogen-bond acceptors (Lipinski definition) is 5. The molecular weight excluding hydrogens is 278 g/mol. The molecule has 0 unspecified atom stereocenters. The first kappa shape index (κ1) is 15.9. The van der Waals surface area contributed by atoms with E-state index in [0.717, 1.165) is 18.5 Å². The summed E-state index contributed by atoms with van der Waals surface area (Å²) in [7, 11) is 0. The van der Waals surface area contributed by atoms with Gasteiger partial charge in [0.15, 0.2) is 0 Å². The van der Waals surface area contributed by atoms with Crippen LogP contribution in [0.2, 0.25) is 0 Å². The molecule has 0 radical (unpaired) electrons. The second-order valence-corrected chi connectivity index (χ2v) is 5.44. The first-order chi connectivity index (χ1) is 10.6. The Morgan fingerprint density at radius 3 is 2.50 bits per heavy atom. The Morgan fingerprint density at radius 1 is 1.18 bits per heavy atom. The molecule has 0 aliphatic heterocycles. The van der Waals surface area contributed by atoms with Gasteiger partial charge in [-0.3, -0.25) is 9.78 Å². The molecule has 0 saturated carbocycles. The number of rotatable bonds is 7. The molecule has 2 aromatic rings. The van der Waals surface area contributed by atoms with Gasteiger partial charge in [-0.2, -0.15) is 0 Å². The summed E-state index contributed by atoms with van der Waals surface area (Å²) < 4.78 is 0.